The van der Waals surface area contributed by atoms with Gasteiger partial charge in [0.25, 0.3) is 0 Å². The Kier molecular flexibility index (Phi) is 4.94. The van der Waals surface area contributed by atoms with Crippen LogP contribution in [0.25, 0.3) is 27.7 Å². The van der Waals surface area contributed by atoms with E-state index in [2.05, 4.69) is 35.3 Å². The molecule has 0 amide bonds. The topological polar surface area (TPSA) is 43.6 Å². The number of hydrogen-bond donors (Lipinski definition) is 0. The molecule has 0 aliphatic heterocycles. The predicted molar refractivity (Wildman–Crippen MR) is 128 cm³/mol. The Hall–Kier alpha value is -3.93. The lowest BCUT2D eigenvalue weighted by molar-refractivity contribution is 0.497. The predicted octanol–water partition coefficient (Wildman–Crippen LogP) is 6.62. The summed E-state index contributed by atoms with van der Waals surface area (Å²) in [5.74, 6) is -1.70. The minimum Gasteiger partial charge on any atom is -0.252 e. The van der Waals surface area contributed by atoms with E-state index < -0.39 is 11.9 Å². The molecule has 0 unspecified atom stereocenters. The number of fused-ring (bicyclic) bond motifs is 1. The molecule has 34 heavy (non-hydrogen) atoms. The van der Waals surface area contributed by atoms with E-state index in [-0.39, 0.29) is 11.0 Å². The second-order valence-corrected chi connectivity index (χ2v) is 8.81. The van der Waals surface area contributed by atoms with Gasteiger partial charge in [0.15, 0.2) is 0 Å². The number of benzene rings is 2. The number of rotatable bonds is 4. The fourth-order valence-corrected chi connectivity index (χ4v) is 5.20. The van der Waals surface area contributed by atoms with E-state index in [1.807, 2.05) is 41.2 Å². The molecular formula is C28H22F2N4. The number of nitrogens with zero attached hydrogens (tertiary/aromatic N) is 4. The van der Waals surface area contributed by atoms with Gasteiger partial charge in [-0.3, -0.25) is 4.98 Å². The molecule has 0 bridgehead atoms. The average molecular weight is 453 g/mol. The first-order chi connectivity index (χ1) is 16.6. The van der Waals surface area contributed by atoms with Crippen LogP contribution in [-0.4, -0.2) is 19.7 Å². The summed E-state index contributed by atoms with van der Waals surface area (Å²) in [6.07, 6.45) is 5.98. The van der Waals surface area contributed by atoms with Crippen molar-refractivity contribution < 1.29 is 8.78 Å². The largest absolute Gasteiger partial charge is 0.252 e. The molecule has 2 aromatic carbocycles. The van der Waals surface area contributed by atoms with Crippen molar-refractivity contribution in [1.29, 1.82) is 0 Å². The third-order valence-corrected chi connectivity index (χ3v) is 6.88. The quantitative estimate of drug-likeness (QED) is 0.288. The zero-order chi connectivity index (χ0) is 23.1. The molecule has 0 atom stereocenters. The van der Waals surface area contributed by atoms with Crippen molar-refractivity contribution in [3.63, 3.8) is 0 Å². The van der Waals surface area contributed by atoms with E-state index >= 15 is 0 Å². The molecule has 3 heterocycles. The fourth-order valence-electron chi connectivity index (χ4n) is 5.20. The fraction of sp³-hybridized carbons (Fsp3) is 0.179. The van der Waals surface area contributed by atoms with Gasteiger partial charge >= 0.3 is 0 Å². The van der Waals surface area contributed by atoms with E-state index in [4.69, 9.17) is 10.1 Å². The number of aromatic nitrogens is 4. The van der Waals surface area contributed by atoms with E-state index in [1.165, 1.54) is 6.07 Å². The molecule has 1 saturated carbocycles. The van der Waals surface area contributed by atoms with Gasteiger partial charge in [0, 0.05) is 11.6 Å². The van der Waals surface area contributed by atoms with Crippen LogP contribution in [0.1, 0.15) is 37.1 Å². The average Bonchev–Trinajstić information content (AvgIpc) is 3.55. The first kappa shape index (κ1) is 20.7. The lowest BCUT2D eigenvalue weighted by Gasteiger charge is -2.27. The van der Waals surface area contributed by atoms with Crippen molar-refractivity contribution in [2.24, 2.45) is 0 Å². The molecule has 0 saturated heterocycles. The standard InChI is InChI=1S/C28H22F2N4/c29-26-14-13-21(27(30)32-26)22-10-6-12-24(31-22)28(16-3-4-17-28)25-15-18-34(33-25)23-11-5-8-19-7-1-2-9-20(19)23/h1-2,5-15,18H,3-4,16-17H2. The molecule has 168 valence electrons. The van der Waals surface area contributed by atoms with Gasteiger partial charge in [-0.25, -0.2) is 4.68 Å². The summed E-state index contributed by atoms with van der Waals surface area (Å²) < 4.78 is 29.6. The monoisotopic (exact) mass is 452 g/mol. The second-order valence-electron chi connectivity index (χ2n) is 8.81. The Balaban J connectivity index is 1.44. The highest BCUT2D eigenvalue weighted by Gasteiger charge is 2.41. The highest BCUT2D eigenvalue weighted by molar-refractivity contribution is 5.90. The molecule has 0 spiro atoms. The molecule has 3 aromatic heterocycles. The van der Waals surface area contributed by atoms with Crippen LogP contribution in [0, 0.1) is 11.9 Å². The van der Waals surface area contributed by atoms with Crippen molar-refractivity contribution in [3.8, 4) is 16.9 Å². The summed E-state index contributed by atoms with van der Waals surface area (Å²) in [6, 6.07) is 24.7. The maximum absolute atomic E-state index is 14.4. The van der Waals surface area contributed by atoms with Gasteiger partial charge in [0.1, 0.15) is 0 Å². The molecule has 1 aliphatic carbocycles. The molecule has 6 rings (SSSR count). The molecule has 4 nitrogen and oxygen atoms in total. The van der Waals surface area contributed by atoms with Gasteiger partial charge in [0.05, 0.1) is 33.7 Å². The van der Waals surface area contributed by atoms with Gasteiger partial charge in [-0.1, -0.05) is 55.3 Å². The van der Waals surface area contributed by atoms with Crippen LogP contribution in [0.15, 0.2) is 85.1 Å². The number of pyridine rings is 2. The smallest absolute Gasteiger partial charge is 0.224 e. The molecule has 0 N–H and O–H groups in total. The third kappa shape index (κ3) is 3.37. The summed E-state index contributed by atoms with van der Waals surface area (Å²) in [4.78, 5) is 8.17. The number of hydrogen-bond acceptors (Lipinski definition) is 3. The zero-order valence-corrected chi connectivity index (χ0v) is 18.5. The highest BCUT2D eigenvalue weighted by atomic mass is 19.1. The maximum atomic E-state index is 14.4. The van der Waals surface area contributed by atoms with Gasteiger partial charge < -0.3 is 0 Å². The van der Waals surface area contributed by atoms with Crippen molar-refractivity contribution >= 4 is 10.8 Å². The Bertz CT molecular complexity index is 1500. The molecule has 5 aromatic rings. The van der Waals surface area contributed by atoms with Crippen molar-refractivity contribution in [3.05, 3.63) is 108 Å². The van der Waals surface area contributed by atoms with Crippen molar-refractivity contribution in [2.45, 2.75) is 31.1 Å². The highest BCUT2D eigenvalue weighted by Crippen LogP contribution is 2.45. The van der Waals surface area contributed by atoms with Crippen molar-refractivity contribution in [2.75, 3.05) is 0 Å². The Morgan fingerprint density at radius 1 is 0.735 bits per heavy atom. The van der Waals surface area contributed by atoms with Crippen LogP contribution in [0.5, 0.6) is 0 Å². The maximum Gasteiger partial charge on any atom is 0.224 e. The van der Waals surface area contributed by atoms with E-state index in [1.54, 1.807) is 6.07 Å². The van der Waals surface area contributed by atoms with E-state index in [9.17, 15) is 8.78 Å². The Morgan fingerprint density at radius 2 is 1.53 bits per heavy atom. The van der Waals surface area contributed by atoms with Gasteiger partial charge in [-0.2, -0.15) is 18.9 Å². The van der Waals surface area contributed by atoms with Gasteiger partial charge in [0.2, 0.25) is 11.9 Å². The SMILES string of the molecule is Fc1ccc(-c2cccc(C3(c4ccn(-c5cccc6ccccc56)n4)CCCC3)n2)c(F)n1. The molecule has 0 radical (unpaired) electrons. The lowest BCUT2D eigenvalue weighted by Crippen LogP contribution is -2.26. The second kappa shape index (κ2) is 8.13. The lowest BCUT2D eigenvalue weighted by atomic mass is 9.79. The summed E-state index contributed by atoms with van der Waals surface area (Å²) in [5.41, 5.74) is 3.13. The normalized spacial score (nSPS) is 15.1. The van der Waals surface area contributed by atoms with Crippen LogP contribution in [-0.2, 0) is 5.41 Å². The summed E-state index contributed by atoms with van der Waals surface area (Å²) in [5, 5.41) is 7.34. The van der Waals surface area contributed by atoms with Crippen LogP contribution in [0.3, 0.4) is 0 Å². The first-order valence-corrected chi connectivity index (χ1v) is 11.5. The minimum absolute atomic E-state index is 0.192. The van der Waals surface area contributed by atoms with Crippen LogP contribution in [0.4, 0.5) is 8.78 Å². The van der Waals surface area contributed by atoms with Crippen LogP contribution >= 0.6 is 0 Å². The summed E-state index contributed by atoms with van der Waals surface area (Å²) in [7, 11) is 0. The third-order valence-electron chi connectivity index (χ3n) is 6.88. The van der Waals surface area contributed by atoms with E-state index in [0.717, 1.165) is 59.6 Å². The van der Waals surface area contributed by atoms with E-state index in [0.29, 0.717) is 5.69 Å². The first-order valence-electron chi connectivity index (χ1n) is 11.5. The van der Waals surface area contributed by atoms with Crippen LogP contribution < -0.4 is 0 Å². The van der Waals surface area contributed by atoms with Crippen molar-refractivity contribution in [1.82, 2.24) is 19.7 Å². The Morgan fingerprint density at radius 3 is 2.38 bits per heavy atom. The summed E-state index contributed by atoms with van der Waals surface area (Å²) in [6.45, 7) is 0. The minimum atomic E-state index is -0.856. The molecular weight excluding hydrogens is 430 g/mol. The molecule has 1 aliphatic rings. The van der Waals surface area contributed by atoms with Gasteiger partial charge in [-0.15, -0.1) is 0 Å². The van der Waals surface area contributed by atoms with Crippen LogP contribution in [0.2, 0.25) is 0 Å². The zero-order valence-electron chi connectivity index (χ0n) is 18.5. The van der Waals surface area contributed by atoms with Gasteiger partial charge in [-0.05, 0) is 54.6 Å². The molecule has 6 heteroatoms. The number of halogens is 2. The Labute approximate surface area is 195 Å². The summed E-state index contributed by atoms with van der Waals surface area (Å²) >= 11 is 0. The molecule has 1 fully saturated rings.